The number of hydrogen-bond donors (Lipinski definition) is 2. The van der Waals surface area contributed by atoms with Gasteiger partial charge in [-0.05, 0) is 35.7 Å². The van der Waals surface area contributed by atoms with Crippen LogP contribution >= 0.6 is 11.6 Å². The summed E-state index contributed by atoms with van der Waals surface area (Å²) in [5, 5.41) is 16.2. The number of para-hydroxylation sites is 1. The third kappa shape index (κ3) is 2.43. The molecule has 2 N–H and O–H groups in total. The fourth-order valence-electron chi connectivity index (χ4n) is 2.48. The van der Waals surface area contributed by atoms with E-state index < -0.39 is 0 Å². The number of rotatable bonds is 3. The Morgan fingerprint density at radius 2 is 2.20 bits per heavy atom. The summed E-state index contributed by atoms with van der Waals surface area (Å²) in [4.78, 5) is 0. The van der Waals surface area contributed by atoms with Gasteiger partial charge in [0, 0.05) is 24.5 Å². The van der Waals surface area contributed by atoms with Gasteiger partial charge in [0.2, 0.25) is 0 Å². The lowest BCUT2D eigenvalue weighted by molar-refractivity contribution is 1.11. The topological polar surface area (TPSA) is 47.9 Å². The average Bonchev–Trinajstić information content (AvgIpc) is 2.95. The summed E-state index contributed by atoms with van der Waals surface area (Å²) in [6.45, 7) is 1.73. The molecule has 3 rings (SSSR count). The molecule has 1 heterocycles. The van der Waals surface area contributed by atoms with E-state index in [4.69, 9.17) is 16.9 Å². The summed E-state index contributed by atoms with van der Waals surface area (Å²) >= 11 is 5.93. The Balaban J connectivity index is 1.78. The molecule has 4 heteroatoms. The first kappa shape index (κ1) is 12.8. The van der Waals surface area contributed by atoms with Crippen LogP contribution in [0.1, 0.15) is 16.7 Å². The first-order valence-corrected chi connectivity index (χ1v) is 6.94. The third-order valence-corrected chi connectivity index (χ3v) is 3.83. The van der Waals surface area contributed by atoms with Crippen LogP contribution in [0.2, 0.25) is 5.02 Å². The summed E-state index contributed by atoms with van der Waals surface area (Å²) in [5.74, 6) is 0. The second kappa shape index (κ2) is 5.44. The minimum atomic E-state index is 0.486. The first-order chi connectivity index (χ1) is 9.78. The predicted octanol–water partition coefficient (Wildman–Crippen LogP) is 3.79. The Morgan fingerprint density at radius 3 is 3.05 bits per heavy atom. The highest BCUT2D eigenvalue weighted by Crippen LogP contribution is 2.27. The van der Waals surface area contributed by atoms with E-state index in [0.29, 0.717) is 10.6 Å². The van der Waals surface area contributed by atoms with Crippen LogP contribution in [0.25, 0.3) is 0 Å². The summed E-state index contributed by atoms with van der Waals surface area (Å²) in [6.07, 6.45) is 1.09. The van der Waals surface area contributed by atoms with Crippen molar-refractivity contribution < 1.29 is 0 Å². The molecule has 0 amide bonds. The summed E-state index contributed by atoms with van der Waals surface area (Å²) in [7, 11) is 0. The van der Waals surface area contributed by atoms with Crippen molar-refractivity contribution in [1.82, 2.24) is 0 Å². The predicted molar refractivity (Wildman–Crippen MR) is 82.1 cm³/mol. The van der Waals surface area contributed by atoms with Gasteiger partial charge in [-0.1, -0.05) is 29.8 Å². The number of nitrogens with zero attached hydrogens (tertiary/aromatic N) is 1. The van der Waals surface area contributed by atoms with Crippen molar-refractivity contribution in [2.45, 2.75) is 13.0 Å². The molecule has 2 aromatic carbocycles. The molecule has 0 saturated heterocycles. The molecule has 0 aromatic heterocycles. The number of anilines is 2. The number of nitrogens with one attached hydrogen (secondary N) is 2. The number of halogens is 1. The van der Waals surface area contributed by atoms with Gasteiger partial charge >= 0.3 is 0 Å². The lowest BCUT2D eigenvalue weighted by Crippen LogP contribution is -2.03. The quantitative estimate of drug-likeness (QED) is 0.901. The third-order valence-electron chi connectivity index (χ3n) is 3.50. The zero-order valence-corrected chi connectivity index (χ0v) is 11.7. The molecule has 0 fully saturated rings. The van der Waals surface area contributed by atoms with Gasteiger partial charge in [0.15, 0.2) is 0 Å². The van der Waals surface area contributed by atoms with Gasteiger partial charge in [-0.2, -0.15) is 5.26 Å². The van der Waals surface area contributed by atoms with E-state index in [0.717, 1.165) is 25.2 Å². The molecule has 0 bridgehead atoms. The van der Waals surface area contributed by atoms with Gasteiger partial charge in [-0.25, -0.2) is 0 Å². The van der Waals surface area contributed by atoms with Crippen molar-refractivity contribution in [3.8, 4) is 6.07 Å². The standard InChI is InChI=1S/C16H14ClN3/c17-15-5-4-14(8-13(15)9-18)20-10-12-3-1-2-11-6-7-19-16(11)12/h1-5,8,19-20H,6-7,10H2. The van der Waals surface area contributed by atoms with Crippen LogP contribution in [-0.2, 0) is 13.0 Å². The van der Waals surface area contributed by atoms with Crippen molar-refractivity contribution in [1.29, 1.82) is 5.26 Å². The van der Waals surface area contributed by atoms with Crippen LogP contribution in [0.4, 0.5) is 11.4 Å². The van der Waals surface area contributed by atoms with Gasteiger partial charge in [-0.3, -0.25) is 0 Å². The second-order valence-electron chi connectivity index (χ2n) is 4.79. The summed E-state index contributed by atoms with van der Waals surface area (Å²) in [6, 6.07) is 13.9. The molecule has 1 aliphatic heterocycles. The van der Waals surface area contributed by atoms with E-state index in [1.165, 1.54) is 16.8 Å². The monoisotopic (exact) mass is 283 g/mol. The maximum atomic E-state index is 8.98. The summed E-state index contributed by atoms with van der Waals surface area (Å²) in [5.41, 5.74) is 5.26. The number of benzene rings is 2. The van der Waals surface area contributed by atoms with Crippen LogP contribution in [0.15, 0.2) is 36.4 Å². The Labute approximate surface area is 123 Å². The highest BCUT2D eigenvalue weighted by molar-refractivity contribution is 6.31. The van der Waals surface area contributed by atoms with E-state index >= 15 is 0 Å². The molecule has 0 atom stereocenters. The molecule has 1 aliphatic rings. The lowest BCUT2D eigenvalue weighted by Gasteiger charge is -2.11. The van der Waals surface area contributed by atoms with Crippen molar-refractivity contribution >= 4 is 23.0 Å². The molecule has 0 saturated carbocycles. The van der Waals surface area contributed by atoms with Crippen LogP contribution in [-0.4, -0.2) is 6.54 Å². The number of fused-ring (bicyclic) bond motifs is 1. The first-order valence-electron chi connectivity index (χ1n) is 6.56. The van der Waals surface area contributed by atoms with Crippen LogP contribution in [0.3, 0.4) is 0 Å². The van der Waals surface area contributed by atoms with Crippen molar-refractivity contribution in [3.05, 3.63) is 58.1 Å². The molecule has 100 valence electrons. The molecule has 2 aromatic rings. The molecule has 20 heavy (non-hydrogen) atoms. The normalized spacial score (nSPS) is 12.4. The van der Waals surface area contributed by atoms with Crippen LogP contribution in [0, 0.1) is 11.3 Å². The van der Waals surface area contributed by atoms with Gasteiger partial charge in [0.05, 0.1) is 10.6 Å². The Morgan fingerprint density at radius 1 is 1.30 bits per heavy atom. The molecule has 0 spiro atoms. The molecular formula is C16H14ClN3. The Kier molecular flexibility index (Phi) is 3.49. The van der Waals surface area contributed by atoms with E-state index in [1.54, 1.807) is 12.1 Å². The minimum Gasteiger partial charge on any atom is -0.384 e. The van der Waals surface area contributed by atoms with Gasteiger partial charge < -0.3 is 10.6 Å². The van der Waals surface area contributed by atoms with E-state index in [9.17, 15) is 0 Å². The molecule has 3 nitrogen and oxygen atoms in total. The van der Waals surface area contributed by atoms with Crippen LogP contribution in [0.5, 0.6) is 0 Å². The van der Waals surface area contributed by atoms with Crippen molar-refractivity contribution in [3.63, 3.8) is 0 Å². The molecule has 0 unspecified atom stereocenters. The van der Waals surface area contributed by atoms with Crippen molar-refractivity contribution in [2.24, 2.45) is 0 Å². The molecule has 0 aliphatic carbocycles. The van der Waals surface area contributed by atoms with Crippen molar-refractivity contribution in [2.75, 3.05) is 17.2 Å². The van der Waals surface area contributed by atoms with E-state index in [-0.39, 0.29) is 0 Å². The highest BCUT2D eigenvalue weighted by atomic mass is 35.5. The van der Waals surface area contributed by atoms with E-state index in [1.807, 2.05) is 6.07 Å². The zero-order valence-electron chi connectivity index (χ0n) is 10.9. The lowest BCUT2D eigenvalue weighted by atomic mass is 10.1. The zero-order chi connectivity index (χ0) is 13.9. The van der Waals surface area contributed by atoms with Gasteiger partial charge in [0.25, 0.3) is 0 Å². The Bertz CT molecular complexity index is 689. The Hall–Kier alpha value is -2.18. The number of hydrogen-bond acceptors (Lipinski definition) is 3. The summed E-state index contributed by atoms with van der Waals surface area (Å²) < 4.78 is 0. The average molecular weight is 284 g/mol. The minimum absolute atomic E-state index is 0.486. The SMILES string of the molecule is N#Cc1cc(NCc2cccc3c2NCC3)ccc1Cl. The second-order valence-corrected chi connectivity index (χ2v) is 5.20. The molecule has 0 radical (unpaired) electrons. The van der Waals surface area contributed by atoms with E-state index in [2.05, 4.69) is 34.9 Å². The molecular weight excluding hydrogens is 270 g/mol. The largest absolute Gasteiger partial charge is 0.384 e. The van der Waals surface area contributed by atoms with Crippen LogP contribution < -0.4 is 10.6 Å². The van der Waals surface area contributed by atoms with Gasteiger partial charge in [0.1, 0.15) is 6.07 Å². The number of nitriles is 1. The fourth-order valence-corrected chi connectivity index (χ4v) is 2.64. The van der Waals surface area contributed by atoms with Gasteiger partial charge in [-0.15, -0.1) is 0 Å². The highest BCUT2D eigenvalue weighted by Gasteiger charge is 2.13. The smallest absolute Gasteiger partial charge is 0.101 e. The fraction of sp³-hybridized carbons (Fsp3) is 0.188. The maximum absolute atomic E-state index is 8.98. The maximum Gasteiger partial charge on any atom is 0.101 e.